The molecule has 0 bridgehead atoms. The number of H-pyrrole nitrogens is 1. The first-order valence-corrected chi connectivity index (χ1v) is 7.91. The van der Waals surface area contributed by atoms with E-state index in [1.54, 1.807) is 11.3 Å². The summed E-state index contributed by atoms with van der Waals surface area (Å²) in [4.78, 5) is 0. The van der Waals surface area contributed by atoms with Crippen LogP contribution in [0.15, 0.2) is 44.0 Å². The Hall–Kier alpha value is -1.11. The van der Waals surface area contributed by atoms with Gasteiger partial charge in [0, 0.05) is 5.56 Å². The lowest BCUT2D eigenvalue weighted by molar-refractivity contribution is 1.10. The van der Waals surface area contributed by atoms with Crippen LogP contribution in [0.4, 0.5) is 5.82 Å². The van der Waals surface area contributed by atoms with Gasteiger partial charge in [-0.25, -0.2) is 0 Å². The third-order valence-corrected chi connectivity index (χ3v) is 5.12. The summed E-state index contributed by atoms with van der Waals surface area (Å²) in [6.07, 6.45) is 0. The summed E-state index contributed by atoms with van der Waals surface area (Å²) >= 11 is 8.68. The van der Waals surface area contributed by atoms with Crippen LogP contribution in [-0.4, -0.2) is 10.2 Å². The average Bonchev–Trinajstić information content (AvgIpc) is 2.93. The highest BCUT2D eigenvalue weighted by Crippen LogP contribution is 2.42. The highest BCUT2D eigenvalue weighted by molar-refractivity contribution is 9.12. The molecule has 0 aliphatic carbocycles. The molecule has 6 heteroatoms. The number of anilines is 1. The second-order valence-corrected chi connectivity index (χ2v) is 7.71. The van der Waals surface area contributed by atoms with Gasteiger partial charge in [0.05, 0.1) is 18.8 Å². The van der Waals surface area contributed by atoms with Gasteiger partial charge in [0.2, 0.25) is 0 Å². The Labute approximate surface area is 131 Å². The zero-order valence-corrected chi connectivity index (χ0v) is 13.6. The van der Waals surface area contributed by atoms with Crippen molar-refractivity contribution in [2.45, 2.75) is 0 Å². The summed E-state index contributed by atoms with van der Waals surface area (Å²) in [5.74, 6) is 0.510. The molecule has 0 amide bonds. The summed E-state index contributed by atoms with van der Waals surface area (Å²) in [6.45, 7) is 0. The molecule has 0 aliphatic rings. The van der Waals surface area contributed by atoms with Gasteiger partial charge in [0.1, 0.15) is 0 Å². The van der Waals surface area contributed by atoms with Crippen LogP contribution in [-0.2, 0) is 0 Å². The number of nitrogen functional groups attached to an aromatic ring is 1. The number of aromatic amines is 1. The van der Waals surface area contributed by atoms with E-state index in [-0.39, 0.29) is 0 Å². The van der Waals surface area contributed by atoms with Gasteiger partial charge in [-0.05, 0) is 43.5 Å². The Balaban J connectivity index is 2.22. The molecule has 0 spiro atoms. The molecule has 2 aromatic heterocycles. The lowest BCUT2D eigenvalue weighted by Gasteiger charge is -2.03. The number of nitrogens with two attached hydrogens (primary N) is 1. The number of rotatable bonds is 2. The maximum Gasteiger partial charge on any atom is 0.153 e. The van der Waals surface area contributed by atoms with E-state index in [2.05, 4.69) is 42.1 Å². The third-order valence-electron chi connectivity index (χ3n) is 2.78. The molecule has 0 unspecified atom stereocenters. The van der Waals surface area contributed by atoms with Gasteiger partial charge >= 0.3 is 0 Å². The number of nitrogens with one attached hydrogen (secondary N) is 1. The number of thiophene rings is 1. The standard InChI is InChI=1S/C13H9Br2N3S/c14-9-6-8(12(15)19-9)11-10(13(16)18-17-11)7-4-2-1-3-5-7/h1-6H,(H3,16,17,18). The molecule has 0 atom stereocenters. The monoisotopic (exact) mass is 397 g/mol. The molecular formula is C13H9Br2N3S. The van der Waals surface area contributed by atoms with Crippen LogP contribution in [0, 0.1) is 0 Å². The largest absolute Gasteiger partial charge is 0.382 e. The van der Waals surface area contributed by atoms with Gasteiger partial charge in [-0.2, -0.15) is 5.10 Å². The summed E-state index contributed by atoms with van der Waals surface area (Å²) in [5, 5.41) is 7.16. The molecule has 3 nitrogen and oxygen atoms in total. The van der Waals surface area contributed by atoms with Crippen LogP contribution < -0.4 is 5.73 Å². The maximum absolute atomic E-state index is 6.00. The van der Waals surface area contributed by atoms with Gasteiger partial charge in [-0.15, -0.1) is 11.3 Å². The van der Waals surface area contributed by atoms with Crippen molar-refractivity contribution in [1.29, 1.82) is 0 Å². The van der Waals surface area contributed by atoms with E-state index in [1.807, 2.05) is 36.4 Å². The van der Waals surface area contributed by atoms with E-state index in [0.29, 0.717) is 5.82 Å². The summed E-state index contributed by atoms with van der Waals surface area (Å²) in [7, 11) is 0. The van der Waals surface area contributed by atoms with Crippen molar-refractivity contribution in [2.75, 3.05) is 5.73 Å². The van der Waals surface area contributed by atoms with Crippen LogP contribution >= 0.6 is 43.2 Å². The molecule has 96 valence electrons. The lowest BCUT2D eigenvalue weighted by atomic mass is 10.0. The molecule has 19 heavy (non-hydrogen) atoms. The predicted octanol–water partition coefficient (Wildman–Crippen LogP) is 4.91. The highest BCUT2D eigenvalue weighted by Gasteiger charge is 2.18. The number of hydrogen-bond acceptors (Lipinski definition) is 3. The molecular weight excluding hydrogens is 390 g/mol. The van der Waals surface area contributed by atoms with Crippen LogP contribution in [0.3, 0.4) is 0 Å². The van der Waals surface area contributed by atoms with E-state index in [1.165, 1.54) is 0 Å². The van der Waals surface area contributed by atoms with Crippen molar-refractivity contribution in [3.63, 3.8) is 0 Å². The van der Waals surface area contributed by atoms with Gasteiger partial charge in [0.15, 0.2) is 5.82 Å². The summed E-state index contributed by atoms with van der Waals surface area (Å²) in [6, 6.07) is 12.1. The number of halogens is 2. The first-order valence-electron chi connectivity index (χ1n) is 5.51. The van der Waals surface area contributed by atoms with Crippen LogP contribution in [0.1, 0.15) is 0 Å². The first kappa shape index (κ1) is 12.9. The van der Waals surface area contributed by atoms with Gasteiger partial charge in [-0.3, -0.25) is 5.10 Å². The fourth-order valence-electron chi connectivity index (χ4n) is 1.96. The minimum Gasteiger partial charge on any atom is -0.382 e. The average molecular weight is 399 g/mol. The number of nitrogens with zero attached hydrogens (tertiary/aromatic N) is 1. The third kappa shape index (κ3) is 2.35. The fraction of sp³-hybridized carbons (Fsp3) is 0. The molecule has 1 aromatic carbocycles. The number of benzene rings is 1. The van der Waals surface area contributed by atoms with Crippen LogP contribution in [0.2, 0.25) is 0 Å². The van der Waals surface area contributed by atoms with Crippen LogP contribution in [0.25, 0.3) is 22.4 Å². The van der Waals surface area contributed by atoms with E-state index in [9.17, 15) is 0 Å². The molecule has 0 saturated carbocycles. The van der Waals surface area contributed by atoms with E-state index >= 15 is 0 Å². The van der Waals surface area contributed by atoms with Gasteiger partial charge in [0.25, 0.3) is 0 Å². The molecule has 3 aromatic rings. The van der Waals surface area contributed by atoms with Crippen LogP contribution in [0.5, 0.6) is 0 Å². The van der Waals surface area contributed by atoms with E-state index in [4.69, 9.17) is 5.73 Å². The Bertz CT molecular complexity index is 719. The van der Waals surface area contributed by atoms with Crippen molar-refractivity contribution in [2.24, 2.45) is 0 Å². The fourth-order valence-corrected chi connectivity index (χ4v) is 4.78. The molecule has 0 fully saturated rings. The van der Waals surface area contributed by atoms with E-state index < -0.39 is 0 Å². The van der Waals surface area contributed by atoms with E-state index in [0.717, 1.165) is 30.0 Å². The predicted molar refractivity (Wildman–Crippen MR) is 87.1 cm³/mol. The molecule has 3 N–H and O–H groups in total. The maximum atomic E-state index is 6.00. The smallest absolute Gasteiger partial charge is 0.153 e. The second-order valence-electron chi connectivity index (χ2n) is 3.96. The molecule has 0 radical (unpaired) electrons. The summed E-state index contributed by atoms with van der Waals surface area (Å²) in [5.41, 5.74) is 9.98. The zero-order valence-electron chi connectivity index (χ0n) is 9.65. The first-order chi connectivity index (χ1) is 9.16. The normalized spacial score (nSPS) is 10.8. The molecule has 0 aliphatic heterocycles. The van der Waals surface area contributed by atoms with Gasteiger partial charge < -0.3 is 5.73 Å². The number of hydrogen-bond donors (Lipinski definition) is 2. The van der Waals surface area contributed by atoms with Crippen molar-refractivity contribution in [3.8, 4) is 22.4 Å². The number of aromatic nitrogens is 2. The SMILES string of the molecule is Nc1n[nH]c(-c2cc(Br)sc2Br)c1-c1ccccc1. The molecule has 2 heterocycles. The quantitative estimate of drug-likeness (QED) is 0.644. The summed E-state index contributed by atoms with van der Waals surface area (Å²) < 4.78 is 2.10. The van der Waals surface area contributed by atoms with Crippen molar-refractivity contribution in [3.05, 3.63) is 44.0 Å². The van der Waals surface area contributed by atoms with Crippen molar-refractivity contribution in [1.82, 2.24) is 10.2 Å². The Morgan fingerprint density at radius 2 is 1.89 bits per heavy atom. The Morgan fingerprint density at radius 1 is 1.16 bits per heavy atom. The van der Waals surface area contributed by atoms with Crippen molar-refractivity contribution < 1.29 is 0 Å². The topological polar surface area (TPSA) is 54.7 Å². The molecule has 3 rings (SSSR count). The lowest BCUT2D eigenvalue weighted by Crippen LogP contribution is -1.88. The van der Waals surface area contributed by atoms with Gasteiger partial charge in [-0.1, -0.05) is 30.3 Å². The highest BCUT2D eigenvalue weighted by atomic mass is 79.9. The minimum absolute atomic E-state index is 0.510. The minimum atomic E-state index is 0.510. The Kier molecular flexibility index (Phi) is 3.47. The molecule has 0 saturated heterocycles. The second kappa shape index (κ2) is 5.11. The zero-order chi connectivity index (χ0) is 13.4. The van der Waals surface area contributed by atoms with Crippen molar-refractivity contribution >= 4 is 49.0 Å². The Morgan fingerprint density at radius 3 is 2.53 bits per heavy atom.